The minimum atomic E-state index is -0.475. The molecule has 9 heteroatoms. The zero-order valence-corrected chi connectivity index (χ0v) is 17.7. The summed E-state index contributed by atoms with van der Waals surface area (Å²) in [6.07, 6.45) is 1.63. The fourth-order valence-electron chi connectivity index (χ4n) is 2.33. The van der Waals surface area contributed by atoms with Crippen LogP contribution in [0.3, 0.4) is 0 Å². The number of nitro benzene ring substituents is 1. The van der Waals surface area contributed by atoms with E-state index in [4.69, 9.17) is 4.74 Å². The van der Waals surface area contributed by atoms with Crippen LogP contribution in [0.2, 0.25) is 0 Å². The predicted octanol–water partition coefficient (Wildman–Crippen LogP) is 2.96. The van der Waals surface area contributed by atoms with Gasteiger partial charge in [-0.05, 0) is 36.6 Å². The number of hydrogen-bond acceptors (Lipinski definition) is 6. The number of nitrogens with one attached hydrogen (secondary N) is 1. The monoisotopic (exact) mass is 411 g/mol. The van der Waals surface area contributed by atoms with Crippen LogP contribution in [0.4, 0.5) is 5.69 Å². The third-order valence-corrected chi connectivity index (χ3v) is 5.03. The van der Waals surface area contributed by atoms with Crippen LogP contribution in [-0.4, -0.2) is 61.2 Å². The number of methoxy groups -OCH3 is 1. The predicted molar refractivity (Wildman–Crippen MR) is 110 cm³/mol. The Hall–Kier alpha value is -2.13. The van der Waals surface area contributed by atoms with Crippen LogP contribution in [0.5, 0.6) is 0 Å². The molecule has 2 amide bonds. The van der Waals surface area contributed by atoms with Gasteiger partial charge in [0.25, 0.3) is 11.6 Å². The molecule has 8 nitrogen and oxygen atoms in total. The zero-order chi connectivity index (χ0) is 21.1. The SMILES string of the molecule is COCCCNC(=O)CN(C)C(=O)c1ccc(SCCC(C)C)c([N+](=O)[O-])c1. The summed E-state index contributed by atoms with van der Waals surface area (Å²) in [5.74, 6) is 0.562. The summed E-state index contributed by atoms with van der Waals surface area (Å²) in [6, 6.07) is 4.46. The van der Waals surface area contributed by atoms with Crippen LogP contribution in [0.1, 0.15) is 37.0 Å². The van der Waals surface area contributed by atoms with Gasteiger partial charge >= 0.3 is 0 Å². The van der Waals surface area contributed by atoms with Gasteiger partial charge in [0.1, 0.15) is 0 Å². The fourth-order valence-corrected chi connectivity index (χ4v) is 3.58. The Morgan fingerprint density at radius 1 is 1.36 bits per heavy atom. The molecule has 0 unspecified atom stereocenters. The molecule has 0 aromatic heterocycles. The van der Waals surface area contributed by atoms with E-state index in [1.165, 1.54) is 29.8 Å². The zero-order valence-electron chi connectivity index (χ0n) is 16.9. The molecule has 0 fully saturated rings. The maximum absolute atomic E-state index is 12.5. The van der Waals surface area contributed by atoms with Crippen LogP contribution in [-0.2, 0) is 9.53 Å². The third kappa shape index (κ3) is 8.26. The number of carbonyl (C=O) groups is 2. The summed E-state index contributed by atoms with van der Waals surface area (Å²) in [6.45, 7) is 5.08. The second-order valence-corrected chi connectivity index (χ2v) is 7.96. The van der Waals surface area contributed by atoms with Crippen molar-refractivity contribution in [1.82, 2.24) is 10.2 Å². The normalized spacial score (nSPS) is 10.8. The van der Waals surface area contributed by atoms with Crippen LogP contribution in [0, 0.1) is 16.0 Å². The van der Waals surface area contributed by atoms with E-state index in [0.29, 0.717) is 30.4 Å². The minimum absolute atomic E-state index is 0.0861. The molecule has 0 saturated heterocycles. The molecule has 0 radical (unpaired) electrons. The van der Waals surface area contributed by atoms with Gasteiger partial charge in [-0.3, -0.25) is 19.7 Å². The van der Waals surface area contributed by atoms with Crippen molar-refractivity contribution in [2.75, 3.05) is 39.6 Å². The molecular weight excluding hydrogens is 382 g/mol. The molecule has 0 atom stereocenters. The first kappa shape index (κ1) is 23.9. The lowest BCUT2D eigenvalue weighted by Gasteiger charge is -2.17. The van der Waals surface area contributed by atoms with E-state index in [1.54, 1.807) is 19.2 Å². The second kappa shape index (κ2) is 12.4. The number of rotatable bonds is 12. The Balaban J connectivity index is 2.74. The van der Waals surface area contributed by atoms with Crippen molar-refractivity contribution < 1.29 is 19.2 Å². The largest absolute Gasteiger partial charge is 0.385 e. The van der Waals surface area contributed by atoms with Crippen molar-refractivity contribution in [3.8, 4) is 0 Å². The van der Waals surface area contributed by atoms with Crippen molar-refractivity contribution in [3.05, 3.63) is 33.9 Å². The average molecular weight is 412 g/mol. The summed E-state index contributed by atoms with van der Waals surface area (Å²) < 4.78 is 4.90. The topological polar surface area (TPSA) is 102 Å². The molecule has 1 aromatic rings. The highest BCUT2D eigenvalue weighted by atomic mass is 32.2. The lowest BCUT2D eigenvalue weighted by molar-refractivity contribution is -0.387. The van der Waals surface area contributed by atoms with Gasteiger partial charge in [-0.1, -0.05) is 13.8 Å². The maximum Gasteiger partial charge on any atom is 0.283 e. The molecule has 0 spiro atoms. The number of amides is 2. The maximum atomic E-state index is 12.5. The number of hydrogen-bond donors (Lipinski definition) is 1. The molecule has 0 saturated carbocycles. The van der Waals surface area contributed by atoms with Gasteiger partial charge in [0.2, 0.25) is 5.91 Å². The van der Waals surface area contributed by atoms with E-state index in [0.717, 1.165) is 12.2 Å². The molecular formula is C19H29N3O5S. The Bertz CT molecular complexity index is 682. The first-order valence-corrected chi connectivity index (χ1v) is 10.2. The summed E-state index contributed by atoms with van der Waals surface area (Å²) in [5.41, 5.74) is 0.103. The highest BCUT2D eigenvalue weighted by Crippen LogP contribution is 2.31. The van der Waals surface area contributed by atoms with E-state index in [1.807, 2.05) is 0 Å². The smallest absolute Gasteiger partial charge is 0.283 e. The van der Waals surface area contributed by atoms with Crippen LogP contribution < -0.4 is 5.32 Å². The lowest BCUT2D eigenvalue weighted by Crippen LogP contribution is -2.38. The summed E-state index contributed by atoms with van der Waals surface area (Å²) in [5, 5.41) is 14.1. The highest BCUT2D eigenvalue weighted by Gasteiger charge is 2.21. The standard InChI is InChI=1S/C19H29N3O5S/c1-14(2)8-11-28-17-7-6-15(12-16(17)22(25)26)19(24)21(3)13-18(23)20-9-5-10-27-4/h6-7,12,14H,5,8-11,13H2,1-4H3,(H,20,23). The molecule has 0 aliphatic rings. The van der Waals surface area contributed by atoms with Crippen LogP contribution in [0.25, 0.3) is 0 Å². The Labute approximate surface area is 170 Å². The molecule has 0 aliphatic heterocycles. The number of benzene rings is 1. The lowest BCUT2D eigenvalue weighted by atomic mass is 10.1. The first-order valence-electron chi connectivity index (χ1n) is 9.18. The highest BCUT2D eigenvalue weighted by molar-refractivity contribution is 7.99. The molecule has 156 valence electrons. The van der Waals surface area contributed by atoms with Gasteiger partial charge in [0, 0.05) is 38.9 Å². The van der Waals surface area contributed by atoms with E-state index in [2.05, 4.69) is 19.2 Å². The number of carbonyl (C=O) groups excluding carboxylic acids is 2. The molecule has 0 aliphatic carbocycles. The van der Waals surface area contributed by atoms with Gasteiger partial charge in [0.15, 0.2) is 0 Å². The van der Waals surface area contributed by atoms with E-state index in [-0.39, 0.29) is 23.7 Å². The van der Waals surface area contributed by atoms with Crippen molar-refractivity contribution in [2.24, 2.45) is 5.92 Å². The van der Waals surface area contributed by atoms with Crippen LogP contribution >= 0.6 is 11.8 Å². The molecule has 1 aromatic carbocycles. The van der Waals surface area contributed by atoms with Gasteiger partial charge in [-0.25, -0.2) is 0 Å². The van der Waals surface area contributed by atoms with Gasteiger partial charge < -0.3 is 15.0 Å². The number of likely N-dealkylation sites (N-methyl/N-ethyl adjacent to an activating group) is 1. The van der Waals surface area contributed by atoms with E-state index in [9.17, 15) is 19.7 Å². The van der Waals surface area contributed by atoms with E-state index < -0.39 is 10.8 Å². The van der Waals surface area contributed by atoms with Gasteiger partial charge in [0.05, 0.1) is 16.4 Å². The second-order valence-electron chi connectivity index (χ2n) is 6.83. The average Bonchev–Trinajstić information content (AvgIpc) is 2.64. The molecule has 1 rings (SSSR count). The Morgan fingerprint density at radius 3 is 2.68 bits per heavy atom. The summed E-state index contributed by atoms with van der Waals surface area (Å²) in [4.78, 5) is 37.2. The van der Waals surface area contributed by atoms with Gasteiger partial charge in [-0.2, -0.15) is 0 Å². The quantitative estimate of drug-likeness (QED) is 0.246. The van der Waals surface area contributed by atoms with Gasteiger partial charge in [-0.15, -0.1) is 11.8 Å². The molecule has 28 heavy (non-hydrogen) atoms. The van der Waals surface area contributed by atoms with Crippen molar-refractivity contribution in [1.29, 1.82) is 0 Å². The Kier molecular flexibility index (Phi) is 10.5. The van der Waals surface area contributed by atoms with Crippen molar-refractivity contribution >= 4 is 29.3 Å². The number of nitro groups is 1. The van der Waals surface area contributed by atoms with E-state index >= 15 is 0 Å². The number of thioether (sulfide) groups is 1. The minimum Gasteiger partial charge on any atom is -0.385 e. The van der Waals surface area contributed by atoms with Crippen LogP contribution in [0.15, 0.2) is 23.1 Å². The fraction of sp³-hybridized carbons (Fsp3) is 0.579. The summed E-state index contributed by atoms with van der Waals surface area (Å²) in [7, 11) is 3.08. The van der Waals surface area contributed by atoms with Crippen molar-refractivity contribution in [2.45, 2.75) is 31.6 Å². The molecule has 0 bridgehead atoms. The number of ether oxygens (including phenoxy) is 1. The first-order chi connectivity index (χ1) is 13.3. The summed E-state index contributed by atoms with van der Waals surface area (Å²) >= 11 is 1.42. The molecule has 0 heterocycles. The Morgan fingerprint density at radius 2 is 2.07 bits per heavy atom. The number of nitrogens with zero attached hydrogens (tertiary/aromatic N) is 2. The molecule has 1 N–H and O–H groups in total. The third-order valence-electron chi connectivity index (χ3n) is 3.93. The van der Waals surface area contributed by atoms with Crippen molar-refractivity contribution in [3.63, 3.8) is 0 Å².